The fourth-order valence-electron chi connectivity index (χ4n) is 1.84. The fourth-order valence-corrected chi connectivity index (χ4v) is 2.63. The minimum absolute atomic E-state index is 0.206. The zero-order valence-electron chi connectivity index (χ0n) is 9.25. The van der Waals surface area contributed by atoms with E-state index in [0.29, 0.717) is 6.61 Å². The predicted octanol–water partition coefficient (Wildman–Crippen LogP) is 2.63. The number of allylic oxidation sites excluding steroid dienone is 1. The molecule has 0 saturated carbocycles. The van der Waals surface area contributed by atoms with Crippen LogP contribution in [0.3, 0.4) is 0 Å². The quantitative estimate of drug-likeness (QED) is 0.502. The average molecular weight is 348 g/mol. The first-order valence-electron chi connectivity index (χ1n) is 5.46. The van der Waals surface area contributed by atoms with Crippen molar-refractivity contribution in [2.75, 3.05) is 6.61 Å². The van der Waals surface area contributed by atoms with Crippen molar-refractivity contribution in [1.29, 1.82) is 0 Å². The van der Waals surface area contributed by atoms with Gasteiger partial charge in [0.1, 0.15) is 17.6 Å². The van der Waals surface area contributed by atoms with Crippen LogP contribution in [0, 0.1) is 9.39 Å². The van der Waals surface area contributed by atoms with Crippen LogP contribution in [0.15, 0.2) is 30.0 Å². The van der Waals surface area contributed by atoms with Crippen LogP contribution in [0.5, 0.6) is 0 Å². The maximum Gasteiger partial charge on any atom is 0.124 e. The van der Waals surface area contributed by atoms with E-state index in [-0.39, 0.29) is 11.9 Å². The van der Waals surface area contributed by atoms with Crippen molar-refractivity contribution in [3.8, 4) is 0 Å². The molecule has 0 spiro atoms. The van der Waals surface area contributed by atoms with Crippen molar-refractivity contribution < 1.29 is 9.13 Å². The van der Waals surface area contributed by atoms with Crippen LogP contribution < -0.4 is 11.3 Å². The highest BCUT2D eigenvalue weighted by atomic mass is 127. The summed E-state index contributed by atoms with van der Waals surface area (Å²) in [6.07, 6.45) is 4.06. The van der Waals surface area contributed by atoms with Gasteiger partial charge in [-0.1, -0.05) is 6.07 Å². The van der Waals surface area contributed by atoms with Crippen LogP contribution in [-0.4, -0.2) is 6.61 Å². The largest absolute Gasteiger partial charge is 0.496 e. The molecule has 1 aliphatic rings. The molecule has 1 atom stereocenters. The van der Waals surface area contributed by atoms with E-state index in [1.807, 2.05) is 6.08 Å². The van der Waals surface area contributed by atoms with Gasteiger partial charge in [-0.25, -0.2) is 9.82 Å². The maximum atomic E-state index is 13.1. The Balaban J connectivity index is 2.31. The van der Waals surface area contributed by atoms with Crippen LogP contribution in [0.1, 0.15) is 24.4 Å². The van der Waals surface area contributed by atoms with Gasteiger partial charge in [0, 0.05) is 3.57 Å². The van der Waals surface area contributed by atoms with Crippen molar-refractivity contribution in [2.24, 2.45) is 5.84 Å². The molecule has 0 saturated heterocycles. The number of hydrogen-bond donors (Lipinski definition) is 2. The Hall–Kier alpha value is -0.660. The molecule has 1 aromatic rings. The third kappa shape index (κ3) is 2.97. The maximum absolute atomic E-state index is 13.1. The lowest BCUT2D eigenvalue weighted by atomic mass is 10.0. The minimum atomic E-state index is -0.243. The normalized spacial score (nSPS) is 17.2. The van der Waals surface area contributed by atoms with Crippen molar-refractivity contribution in [2.45, 2.75) is 18.9 Å². The van der Waals surface area contributed by atoms with Crippen LogP contribution in [0.4, 0.5) is 4.39 Å². The Labute approximate surface area is 113 Å². The molecule has 3 nitrogen and oxygen atoms in total. The summed E-state index contributed by atoms with van der Waals surface area (Å²) in [5, 5.41) is 0. The summed E-state index contributed by atoms with van der Waals surface area (Å²) in [5.74, 6) is 6.15. The molecule has 3 N–H and O–H groups in total. The number of hydrazine groups is 1. The second kappa shape index (κ2) is 5.79. The highest BCUT2D eigenvalue weighted by molar-refractivity contribution is 14.1. The number of rotatable bonds is 3. The van der Waals surface area contributed by atoms with Crippen LogP contribution in [0.2, 0.25) is 0 Å². The van der Waals surface area contributed by atoms with Gasteiger partial charge in [0.15, 0.2) is 0 Å². The second-order valence-electron chi connectivity index (χ2n) is 3.86. The van der Waals surface area contributed by atoms with Gasteiger partial charge in [0.05, 0.1) is 6.61 Å². The zero-order chi connectivity index (χ0) is 12.3. The Kier molecular flexibility index (Phi) is 4.36. The molecule has 1 aliphatic heterocycles. The molecule has 0 aliphatic carbocycles. The van der Waals surface area contributed by atoms with E-state index in [2.05, 4.69) is 28.0 Å². The summed E-state index contributed by atoms with van der Waals surface area (Å²) in [6.45, 7) is 0.710. The van der Waals surface area contributed by atoms with Gasteiger partial charge in [-0.15, -0.1) is 0 Å². The highest BCUT2D eigenvalue weighted by Crippen LogP contribution is 2.28. The van der Waals surface area contributed by atoms with Crippen molar-refractivity contribution in [3.05, 3.63) is 45.0 Å². The number of hydrogen-bond acceptors (Lipinski definition) is 3. The first-order valence-corrected chi connectivity index (χ1v) is 6.54. The lowest BCUT2D eigenvalue weighted by Gasteiger charge is -2.24. The monoisotopic (exact) mass is 348 g/mol. The second-order valence-corrected chi connectivity index (χ2v) is 5.02. The van der Waals surface area contributed by atoms with E-state index in [1.165, 1.54) is 12.1 Å². The van der Waals surface area contributed by atoms with E-state index in [1.54, 1.807) is 6.07 Å². The first kappa shape index (κ1) is 12.8. The molecule has 1 heterocycles. The van der Waals surface area contributed by atoms with Crippen LogP contribution in [-0.2, 0) is 4.74 Å². The van der Waals surface area contributed by atoms with Gasteiger partial charge in [-0.05, 0) is 59.2 Å². The summed E-state index contributed by atoms with van der Waals surface area (Å²) in [7, 11) is 0. The minimum Gasteiger partial charge on any atom is -0.496 e. The van der Waals surface area contributed by atoms with E-state index < -0.39 is 0 Å². The smallest absolute Gasteiger partial charge is 0.124 e. The fraction of sp³-hybridized carbons (Fsp3) is 0.333. The molecule has 17 heavy (non-hydrogen) atoms. The van der Waals surface area contributed by atoms with Crippen molar-refractivity contribution in [1.82, 2.24) is 5.43 Å². The number of nitrogens with two attached hydrogens (primary N) is 1. The van der Waals surface area contributed by atoms with Gasteiger partial charge in [-0.3, -0.25) is 5.84 Å². The molecule has 1 unspecified atom stereocenters. The molecule has 92 valence electrons. The molecular formula is C12H14FIN2O. The lowest BCUT2D eigenvalue weighted by Crippen LogP contribution is -2.31. The molecule has 0 radical (unpaired) electrons. The first-order chi connectivity index (χ1) is 8.22. The van der Waals surface area contributed by atoms with E-state index in [0.717, 1.165) is 27.7 Å². The van der Waals surface area contributed by atoms with Gasteiger partial charge in [-0.2, -0.15) is 0 Å². The number of halogens is 2. The third-order valence-electron chi connectivity index (χ3n) is 2.69. The Morgan fingerprint density at radius 1 is 1.47 bits per heavy atom. The summed E-state index contributed by atoms with van der Waals surface area (Å²) in [6, 6.07) is 4.46. The number of ether oxygens (including phenoxy) is 1. The van der Waals surface area contributed by atoms with Gasteiger partial charge >= 0.3 is 0 Å². The van der Waals surface area contributed by atoms with Crippen molar-refractivity contribution in [3.63, 3.8) is 0 Å². The molecule has 0 aromatic heterocycles. The van der Waals surface area contributed by atoms with E-state index >= 15 is 0 Å². The topological polar surface area (TPSA) is 47.3 Å². The van der Waals surface area contributed by atoms with E-state index in [4.69, 9.17) is 10.6 Å². The summed E-state index contributed by atoms with van der Waals surface area (Å²) >= 11 is 2.10. The highest BCUT2D eigenvalue weighted by Gasteiger charge is 2.20. The molecule has 0 bridgehead atoms. The third-order valence-corrected chi connectivity index (χ3v) is 3.62. The van der Waals surface area contributed by atoms with Gasteiger partial charge in [0.25, 0.3) is 0 Å². The summed E-state index contributed by atoms with van der Waals surface area (Å²) in [4.78, 5) is 0. The SMILES string of the molecule is NNC(C1=CCCCO1)c1ccc(F)cc1I. The molecule has 5 heteroatoms. The summed E-state index contributed by atoms with van der Waals surface area (Å²) < 4.78 is 19.5. The van der Waals surface area contributed by atoms with E-state index in [9.17, 15) is 4.39 Å². The standard InChI is InChI=1S/C12H14FIN2O/c13-8-4-5-9(10(14)7-8)12(16-15)11-3-1-2-6-17-11/h3-5,7,12,16H,1-2,6,15H2. The molecule has 0 fully saturated rings. The van der Waals surface area contributed by atoms with Crippen molar-refractivity contribution >= 4 is 22.6 Å². The Morgan fingerprint density at radius 2 is 2.29 bits per heavy atom. The summed E-state index contributed by atoms with van der Waals surface area (Å²) in [5.41, 5.74) is 3.66. The average Bonchev–Trinajstić information content (AvgIpc) is 2.34. The number of benzene rings is 1. The molecular weight excluding hydrogens is 334 g/mol. The molecule has 2 rings (SSSR count). The molecule has 1 aromatic carbocycles. The number of nitrogens with one attached hydrogen (secondary N) is 1. The van der Waals surface area contributed by atoms with Crippen LogP contribution in [0.25, 0.3) is 0 Å². The Morgan fingerprint density at radius 3 is 2.88 bits per heavy atom. The zero-order valence-corrected chi connectivity index (χ0v) is 11.4. The lowest BCUT2D eigenvalue weighted by molar-refractivity contribution is 0.167. The van der Waals surface area contributed by atoms with Gasteiger partial charge < -0.3 is 4.74 Å². The Bertz CT molecular complexity index is 437. The van der Waals surface area contributed by atoms with Gasteiger partial charge in [0.2, 0.25) is 0 Å². The molecule has 0 amide bonds. The predicted molar refractivity (Wildman–Crippen MR) is 72.5 cm³/mol. The van der Waals surface area contributed by atoms with Crippen LogP contribution >= 0.6 is 22.6 Å².